The second-order valence-corrected chi connectivity index (χ2v) is 15.5. The number of unbranched alkanes of at least 4 members (excludes halogenated alkanes) is 1. The van der Waals surface area contributed by atoms with E-state index in [1.807, 2.05) is 40.7 Å². The average Bonchev–Trinajstić information content (AvgIpc) is 3.64. The van der Waals surface area contributed by atoms with Gasteiger partial charge in [0.05, 0.1) is 15.7 Å². The van der Waals surface area contributed by atoms with Gasteiger partial charge in [0.25, 0.3) is 0 Å². The van der Waals surface area contributed by atoms with Crippen LogP contribution in [0.25, 0.3) is 22.4 Å². The smallest absolute Gasteiger partial charge is 0.355 e. The van der Waals surface area contributed by atoms with Gasteiger partial charge in [-0.05, 0) is 48.3 Å². The minimum Gasteiger partial charge on any atom is -0.476 e. The third-order valence-corrected chi connectivity index (χ3v) is 7.06. The number of hydrogen-bond acceptors (Lipinski definition) is 6. The molecule has 0 aliphatic carbocycles. The van der Waals surface area contributed by atoms with E-state index >= 15 is 0 Å². The average molecular weight is 721 g/mol. The van der Waals surface area contributed by atoms with Crippen LogP contribution in [0, 0.1) is 24.1 Å². The van der Waals surface area contributed by atoms with Gasteiger partial charge in [-0.3, -0.25) is 4.79 Å². The molecule has 1 aromatic carbocycles. The number of rotatable bonds is 5. The zero-order valence-electron chi connectivity index (χ0n) is 32.7. The van der Waals surface area contributed by atoms with Gasteiger partial charge in [-0.1, -0.05) is 134 Å². The lowest BCUT2D eigenvalue weighted by atomic mass is 9.86. The molecular formula is C40H62ClFN2O4S. The molecule has 0 radical (unpaired) electrons. The summed E-state index contributed by atoms with van der Waals surface area (Å²) in [6.07, 6.45) is 5.94. The SMILES string of the molecule is CC.CC(C)(C)c1cc(-c2ccc(Cl)c(F)c2)nc2cc(C=O)oc12.CC(C)C.CCCC.CCCC(C)(C)C.Cc1nc(C(=O)O)cs1. The molecule has 4 rings (SSSR count). The number of carboxylic acids is 1. The number of aryl methyl sites for hydroxylation is 1. The van der Waals surface area contributed by atoms with Gasteiger partial charge in [-0.2, -0.15) is 0 Å². The number of aromatic nitrogens is 2. The Bertz CT molecular complexity index is 1510. The van der Waals surface area contributed by atoms with Crippen LogP contribution in [0.15, 0.2) is 40.1 Å². The molecular weight excluding hydrogens is 659 g/mol. The van der Waals surface area contributed by atoms with Crippen molar-refractivity contribution in [2.24, 2.45) is 11.3 Å². The van der Waals surface area contributed by atoms with Gasteiger partial charge in [-0.15, -0.1) is 11.3 Å². The number of carboxylic acid groups (broad SMARTS) is 1. The van der Waals surface area contributed by atoms with E-state index in [9.17, 15) is 14.0 Å². The van der Waals surface area contributed by atoms with Crippen molar-refractivity contribution < 1.29 is 23.5 Å². The first-order valence-corrected chi connectivity index (χ1v) is 18.5. The van der Waals surface area contributed by atoms with Gasteiger partial charge in [-0.25, -0.2) is 19.2 Å². The molecule has 276 valence electrons. The molecule has 0 bridgehead atoms. The molecule has 3 heterocycles. The van der Waals surface area contributed by atoms with Gasteiger partial charge in [0.15, 0.2) is 23.3 Å². The summed E-state index contributed by atoms with van der Waals surface area (Å²) in [6, 6.07) is 8.02. The Balaban J connectivity index is 0. The molecule has 0 unspecified atom stereocenters. The van der Waals surface area contributed by atoms with E-state index in [-0.39, 0.29) is 21.9 Å². The number of nitrogens with zero attached hydrogens (tertiary/aromatic N) is 2. The number of benzene rings is 1. The lowest BCUT2D eigenvalue weighted by Crippen LogP contribution is -2.12. The molecule has 0 aliphatic rings. The Kier molecular flexibility index (Phi) is 23.6. The minimum atomic E-state index is -0.959. The van der Waals surface area contributed by atoms with Gasteiger partial charge in [0, 0.05) is 22.6 Å². The van der Waals surface area contributed by atoms with E-state index in [1.165, 1.54) is 54.5 Å². The second kappa shape index (κ2) is 24.1. The van der Waals surface area contributed by atoms with E-state index in [4.69, 9.17) is 21.1 Å². The molecule has 0 saturated heterocycles. The number of hydrogen-bond donors (Lipinski definition) is 1. The first-order chi connectivity index (χ1) is 22.7. The Morgan fingerprint density at radius 2 is 1.53 bits per heavy atom. The maximum absolute atomic E-state index is 13.7. The van der Waals surface area contributed by atoms with Crippen LogP contribution in [0.5, 0.6) is 0 Å². The molecule has 4 aromatic rings. The topological polar surface area (TPSA) is 93.3 Å². The summed E-state index contributed by atoms with van der Waals surface area (Å²) < 4.78 is 19.3. The van der Waals surface area contributed by atoms with E-state index in [0.29, 0.717) is 34.1 Å². The highest BCUT2D eigenvalue weighted by Gasteiger charge is 2.22. The summed E-state index contributed by atoms with van der Waals surface area (Å²) in [5.41, 5.74) is 3.75. The summed E-state index contributed by atoms with van der Waals surface area (Å²) in [5, 5.41) is 10.7. The van der Waals surface area contributed by atoms with E-state index in [0.717, 1.165) is 16.5 Å². The summed E-state index contributed by atoms with van der Waals surface area (Å²) in [6.45, 7) is 31.8. The number of furan rings is 1. The van der Waals surface area contributed by atoms with E-state index in [1.54, 1.807) is 19.1 Å². The van der Waals surface area contributed by atoms with Crippen molar-refractivity contribution in [2.45, 2.75) is 135 Å². The number of fused-ring (bicyclic) bond motifs is 1. The molecule has 0 aliphatic heterocycles. The molecule has 0 saturated carbocycles. The predicted octanol–water partition coefficient (Wildman–Crippen LogP) is 13.9. The number of aldehydes is 1. The fourth-order valence-electron chi connectivity index (χ4n) is 3.67. The lowest BCUT2D eigenvalue weighted by Gasteiger charge is -2.20. The highest BCUT2D eigenvalue weighted by atomic mass is 35.5. The highest BCUT2D eigenvalue weighted by molar-refractivity contribution is 7.09. The number of carbonyl (C=O) groups excluding carboxylic acids is 1. The number of aromatic carboxylic acids is 1. The van der Waals surface area contributed by atoms with Crippen molar-refractivity contribution in [1.29, 1.82) is 0 Å². The van der Waals surface area contributed by atoms with Crippen molar-refractivity contribution in [3.8, 4) is 11.3 Å². The minimum absolute atomic E-state index is 0.0671. The van der Waals surface area contributed by atoms with Crippen LogP contribution < -0.4 is 0 Å². The molecule has 0 fully saturated rings. The summed E-state index contributed by atoms with van der Waals surface area (Å²) in [4.78, 5) is 29.4. The van der Waals surface area contributed by atoms with Crippen molar-refractivity contribution in [3.05, 3.63) is 68.6 Å². The van der Waals surface area contributed by atoms with Crippen LogP contribution in [-0.2, 0) is 5.41 Å². The third kappa shape index (κ3) is 20.2. The number of carbonyl (C=O) groups is 2. The van der Waals surface area contributed by atoms with Crippen LogP contribution >= 0.6 is 22.9 Å². The lowest BCUT2D eigenvalue weighted by molar-refractivity contribution is 0.0691. The number of pyridine rings is 1. The predicted molar refractivity (Wildman–Crippen MR) is 209 cm³/mol. The van der Waals surface area contributed by atoms with Gasteiger partial charge < -0.3 is 9.52 Å². The van der Waals surface area contributed by atoms with Gasteiger partial charge in [0.2, 0.25) is 0 Å². The number of halogens is 2. The highest BCUT2D eigenvalue weighted by Crippen LogP contribution is 2.35. The number of thiazole rings is 1. The first-order valence-electron chi connectivity index (χ1n) is 17.2. The van der Waals surface area contributed by atoms with Crippen LogP contribution in [0.3, 0.4) is 0 Å². The summed E-state index contributed by atoms with van der Waals surface area (Å²) in [5.74, 6) is -0.402. The Morgan fingerprint density at radius 1 is 0.980 bits per heavy atom. The van der Waals surface area contributed by atoms with Crippen molar-refractivity contribution in [3.63, 3.8) is 0 Å². The monoisotopic (exact) mass is 720 g/mol. The van der Waals surface area contributed by atoms with Crippen LogP contribution in [0.2, 0.25) is 5.02 Å². The Hall–Kier alpha value is -3.10. The Labute approximate surface area is 304 Å². The molecule has 0 spiro atoms. The molecule has 0 atom stereocenters. The first kappa shape index (κ1) is 48.0. The van der Waals surface area contributed by atoms with Crippen LogP contribution in [0.4, 0.5) is 4.39 Å². The van der Waals surface area contributed by atoms with E-state index < -0.39 is 11.8 Å². The van der Waals surface area contributed by atoms with Crippen molar-refractivity contribution in [2.75, 3.05) is 0 Å². The zero-order valence-corrected chi connectivity index (χ0v) is 34.3. The van der Waals surface area contributed by atoms with Gasteiger partial charge >= 0.3 is 5.97 Å². The molecule has 9 heteroatoms. The molecule has 3 aromatic heterocycles. The fourth-order valence-corrected chi connectivity index (χ4v) is 4.37. The summed E-state index contributed by atoms with van der Waals surface area (Å²) in [7, 11) is 0. The van der Waals surface area contributed by atoms with Crippen LogP contribution in [0.1, 0.15) is 154 Å². The molecule has 1 N–H and O–H groups in total. The zero-order chi connectivity index (χ0) is 38.5. The van der Waals surface area contributed by atoms with Crippen LogP contribution in [-0.4, -0.2) is 27.3 Å². The maximum Gasteiger partial charge on any atom is 0.355 e. The molecule has 0 amide bonds. The third-order valence-electron chi connectivity index (χ3n) is 5.98. The van der Waals surface area contributed by atoms with E-state index in [2.05, 4.69) is 72.3 Å². The Morgan fingerprint density at radius 3 is 1.86 bits per heavy atom. The largest absolute Gasteiger partial charge is 0.476 e. The summed E-state index contributed by atoms with van der Waals surface area (Å²) >= 11 is 7.08. The second-order valence-electron chi connectivity index (χ2n) is 14.0. The molecule has 49 heavy (non-hydrogen) atoms. The fraction of sp³-hybridized carbons (Fsp3) is 0.550. The molecule has 6 nitrogen and oxygen atoms in total. The van der Waals surface area contributed by atoms with Crippen molar-refractivity contribution in [1.82, 2.24) is 9.97 Å². The quantitative estimate of drug-likeness (QED) is 0.206. The van der Waals surface area contributed by atoms with Crippen molar-refractivity contribution >= 4 is 46.3 Å². The standard InChI is InChI=1S/C18H15ClFNO2.C7H16.C5H5NO2S.2C4H10.C2H6/c1-18(2,3)12-8-15(10-4-5-13(19)14(20)6-10)21-16-7-11(9-22)23-17(12)16;1-5-6-7(2,3)4;1-3-6-4(2-9-3)5(7)8;1-4(2)3;1-3-4-2;1-2/h4-9H,1-3H3;5-6H2,1-4H3;2H,1H3,(H,7,8);4H,1-3H3;3-4H2,1-2H3;1-2H3. The maximum atomic E-state index is 13.7. The normalized spacial score (nSPS) is 10.5. The van der Waals surface area contributed by atoms with Gasteiger partial charge in [0.1, 0.15) is 11.3 Å².